The van der Waals surface area contributed by atoms with Crippen molar-refractivity contribution in [3.05, 3.63) is 18.0 Å². The first-order chi connectivity index (χ1) is 11.8. The summed E-state index contributed by atoms with van der Waals surface area (Å²) >= 11 is 0. The summed E-state index contributed by atoms with van der Waals surface area (Å²) in [7, 11) is 0. The predicted molar refractivity (Wildman–Crippen MR) is 92.7 cm³/mol. The van der Waals surface area contributed by atoms with Gasteiger partial charge in [-0.3, -0.25) is 0 Å². The van der Waals surface area contributed by atoms with Gasteiger partial charge in [0.15, 0.2) is 5.65 Å². The van der Waals surface area contributed by atoms with Gasteiger partial charge in [-0.25, -0.2) is 14.8 Å². The van der Waals surface area contributed by atoms with Crippen molar-refractivity contribution in [2.45, 2.75) is 45.3 Å². The Hall–Kier alpha value is -2.82. The number of anilines is 1. The van der Waals surface area contributed by atoms with Crippen LogP contribution in [-0.2, 0) is 4.74 Å². The number of fused-ring (bicyclic) bond motifs is 1. The van der Waals surface area contributed by atoms with E-state index in [1.54, 1.807) is 11.1 Å². The van der Waals surface area contributed by atoms with Gasteiger partial charge in [-0.05, 0) is 33.6 Å². The van der Waals surface area contributed by atoms with E-state index < -0.39 is 5.60 Å². The molecule has 2 N–H and O–H groups in total. The minimum absolute atomic E-state index is 0.138. The molecule has 8 heteroatoms. The van der Waals surface area contributed by atoms with Gasteiger partial charge in [-0.2, -0.15) is 5.26 Å². The Balaban J connectivity index is 1.78. The topological polar surface area (TPSA) is 110 Å². The fraction of sp³-hybridized carbons (Fsp3) is 0.529. The fourth-order valence-corrected chi connectivity index (χ4v) is 3.04. The fourth-order valence-electron chi connectivity index (χ4n) is 3.04. The van der Waals surface area contributed by atoms with E-state index in [0.29, 0.717) is 35.6 Å². The molecule has 0 atom stereocenters. The molecule has 3 heterocycles. The van der Waals surface area contributed by atoms with Crippen molar-refractivity contribution < 1.29 is 9.53 Å². The van der Waals surface area contributed by atoms with Crippen molar-refractivity contribution in [1.82, 2.24) is 19.4 Å². The lowest BCUT2D eigenvalue weighted by Crippen LogP contribution is -2.42. The number of amides is 1. The Kier molecular flexibility index (Phi) is 4.25. The number of nitriles is 1. The highest BCUT2D eigenvalue weighted by atomic mass is 16.6. The van der Waals surface area contributed by atoms with Crippen molar-refractivity contribution >= 4 is 23.1 Å². The Bertz CT molecular complexity index is 837. The molecule has 132 valence electrons. The lowest BCUT2D eigenvalue weighted by atomic mass is 10.1. The van der Waals surface area contributed by atoms with Gasteiger partial charge in [0.25, 0.3) is 0 Å². The van der Waals surface area contributed by atoms with Crippen LogP contribution in [-0.4, -0.2) is 44.2 Å². The zero-order valence-corrected chi connectivity index (χ0v) is 14.7. The van der Waals surface area contributed by atoms with Gasteiger partial charge in [0.2, 0.25) is 0 Å². The number of rotatable bonds is 1. The lowest BCUT2D eigenvalue weighted by Gasteiger charge is -2.34. The quantitative estimate of drug-likeness (QED) is 0.852. The summed E-state index contributed by atoms with van der Waals surface area (Å²) in [5.74, 6) is 0.322. The Labute approximate surface area is 146 Å². The number of nitrogen functional groups attached to an aromatic ring is 1. The van der Waals surface area contributed by atoms with E-state index in [2.05, 4.69) is 16.0 Å². The molecule has 8 nitrogen and oxygen atoms in total. The average Bonchev–Trinajstić information content (AvgIpc) is 2.91. The molecule has 1 amide bonds. The van der Waals surface area contributed by atoms with Crippen LogP contribution in [0.3, 0.4) is 0 Å². The number of nitrogens with two attached hydrogens (primary N) is 1. The van der Waals surface area contributed by atoms with Gasteiger partial charge < -0.3 is 19.9 Å². The summed E-state index contributed by atoms with van der Waals surface area (Å²) in [5.41, 5.74) is 6.92. The van der Waals surface area contributed by atoms with Gasteiger partial charge in [-0.15, -0.1) is 0 Å². The van der Waals surface area contributed by atoms with Crippen molar-refractivity contribution in [2.24, 2.45) is 0 Å². The number of carbonyl (C=O) groups excluding carboxylic acids is 1. The van der Waals surface area contributed by atoms with E-state index in [4.69, 9.17) is 10.5 Å². The van der Waals surface area contributed by atoms with Crippen LogP contribution in [0.4, 0.5) is 10.6 Å². The van der Waals surface area contributed by atoms with Gasteiger partial charge in [0.05, 0.1) is 11.8 Å². The first-order valence-corrected chi connectivity index (χ1v) is 8.29. The summed E-state index contributed by atoms with van der Waals surface area (Å²) in [5, 5.41) is 9.31. The summed E-state index contributed by atoms with van der Waals surface area (Å²) < 4.78 is 7.39. The highest BCUT2D eigenvalue weighted by Gasteiger charge is 2.28. The van der Waals surface area contributed by atoms with Crippen LogP contribution in [0.25, 0.3) is 11.2 Å². The Morgan fingerprint density at radius 3 is 2.68 bits per heavy atom. The predicted octanol–water partition coefficient (Wildman–Crippen LogP) is 2.46. The lowest BCUT2D eigenvalue weighted by molar-refractivity contribution is 0.0189. The van der Waals surface area contributed by atoms with E-state index in [1.165, 1.54) is 6.20 Å². The van der Waals surface area contributed by atoms with Crippen molar-refractivity contribution in [1.29, 1.82) is 5.26 Å². The van der Waals surface area contributed by atoms with Crippen molar-refractivity contribution in [3.63, 3.8) is 0 Å². The van der Waals surface area contributed by atoms with Gasteiger partial charge in [0, 0.05) is 25.3 Å². The van der Waals surface area contributed by atoms with Gasteiger partial charge >= 0.3 is 6.09 Å². The number of nitrogens with zero attached hydrogens (tertiary/aromatic N) is 5. The minimum atomic E-state index is -0.501. The zero-order chi connectivity index (χ0) is 18.2. The summed E-state index contributed by atoms with van der Waals surface area (Å²) in [6.45, 7) is 6.76. The molecular weight excluding hydrogens is 320 g/mol. The highest BCUT2D eigenvalue weighted by Crippen LogP contribution is 2.29. The van der Waals surface area contributed by atoms with Crippen LogP contribution in [0.5, 0.6) is 0 Å². The maximum atomic E-state index is 12.2. The van der Waals surface area contributed by atoms with E-state index in [9.17, 15) is 10.1 Å². The standard InChI is InChI=1S/C17H22N6O2/c1-17(2,3)25-16(24)22-6-4-12(5-7-22)23-10-11(8-18)14-15(23)21-13(19)9-20-14/h9-10,12H,4-7H2,1-3H3,(H2,19,21). The molecule has 1 aliphatic heterocycles. The largest absolute Gasteiger partial charge is 0.444 e. The normalized spacial score (nSPS) is 16.0. The van der Waals surface area contributed by atoms with Gasteiger partial charge in [-0.1, -0.05) is 0 Å². The molecule has 1 aliphatic rings. The first kappa shape index (κ1) is 17.0. The second-order valence-electron chi connectivity index (χ2n) is 7.23. The maximum Gasteiger partial charge on any atom is 0.410 e. The molecule has 0 unspecified atom stereocenters. The Morgan fingerprint density at radius 2 is 2.08 bits per heavy atom. The van der Waals surface area contributed by atoms with E-state index in [0.717, 1.165) is 12.8 Å². The number of hydrogen-bond acceptors (Lipinski definition) is 6. The van der Waals surface area contributed by atoms with Crippen LogP contribution < -0.4 is 5.73 Å². The van der Waals surface area contributed by atoms with Gasteiger partial charge in [0.1, 0.15) is 23.0 Å². The number of hydrogen-bond donors (Lipinski definition) is 1. The SMILES string of the molecule is CC(C)(C)OC(=O)N1CCC(n2cc(C#N)c3ncc(N)nc32)CC1. The molecule has 2 aromatic heterocycles. The Morgan fingerprint density at radius 1 is 1.40 bits per heavy atom. The zero-order valence-electron chi connectivity index (χ0n) is 14.7. The van der Waals surface area contributed by atoms with Crippen LogP contribution in [0.1, 0.15) is 45.2 Å². The molecule has 0 radical (unpaired) electrons. The minimum Gasteiger partial charge on any atom is -0.444 e. The van der Waals surface area contributed by atoms with Crippen LogP contribution in [0.2, 0.25) is 0 Å². The maximum absolute atomic E-state index is 12.2. The monoisotopic (exact) mass is 342 g/mol. The highest BCUT2D eigenvalue weighted by molar-refractivity contribution is 5.80. The number of carbonyl (C=O) groups is 1. The van der Waals surface area contributed by atoms with Crippen LogP contribution >= 0.6 is 0 Å². The second kappa shape index (κ2) is 6.24. The summed E-state index contributed by atoms with van der Waals surface area (Å²) in [6.07, 6.45) is 4.45. The molecule has 1 fully saturated rings. The van der Waals surface area contributed by atoms with Crippen molar-refractivity contribution in [3.8, 4) is 6.07 Å². The third kappa shape index (κ3) is 3.50. The molecule has 0 aromatic carbocycles. The molecule has 3 rings (SSSR count). The van der Waals surface area contributed by atoms with E-state index >= 15 is 0 Å². The number of likely N-dealkylation sites (tertiary alicyclic amines) is 1. The molecule has 0 aliphatic carbocycles. The average molecular weight is 342 g/mol. The number of aromatic nitrogens is 3. The second-order valence-corrected chi connectivity index (χ2v) is 7.23. The summed E-state index contributed by atoms with van der Waals surface area (Å²) in [6, 6.07) is 2.29. The van der Waals surface area contributed by atoms with Crippen LogP contribution in [0.15, 0.2) is 12.4 Å². The molecule has 25 heavy (non-hydrogen) atoms. The molecular formula is C17H22N6O2. The van der Waals surface area contributed by atoms with Crippen LogP contribution in [0, 0.1) is 11.3 Å². The smallest absolute Gasteiger partial charge is 0.410 e. The number of piperidine rings is 1. The first-order valence-electron chi connectivity index (χ1n) is 8.29. The third-order valence-electron chi connectivity index (χ3n) is 4.17. The van der Waals surface area contributed by atoms with E-state index in [-0.39, 0.29) is 12.1 Å². The van der Waals surface area contributed by atoms with Crippen molar-refractivity contribution in [2.75, 3.05) is 18.8 Å². The summed E-state index contributed by atoms with van der Waals surface area (Å²) in [4.78, 5) is 22.5. The number of ether oxygens (including phenoxy) is 1. The molecule has 1 saturated heterocycles. The molecule has 2 aromatic rings. The molecule has 0 saturated carbocycles. The third-order valence-corrected chi connectivity index (χ3v) is 4.17. The molecule has 0 bridgehead atoms. The molecule has 0 spiro atoms. The van der Waals surface area contributed by atoms with E-state index in [1.807, 2.05) is 25.3 Å².